The van der Waals surface area contributed by atoms with E-state index in [-0.39, 0.29) is 5.82 Å². The molecule has 1 rings (SSSR count). The first-order valence-corrected chi connectivity index (χ1v) is 2.64. The van der Waals surface area contributed by atoms with E-state index >= 15 is 0 Å². The van der Waals surface area contributed by atoms with Crippen molar-refractivity contribution >= 4 is 0 Å². The number of nitriles is 1. The second-order valence-corrected chi connectivity index (χ2v) is 1.53. The molecule has 0 amide bonds. The molecule has 0 saturated carbocycles. The first-order valence-electron chi connectivity index (χ1n) is 2.64. The van der Waals surface area contributed by atoms with Crippen LogP contribution >= 0.6 is 0 Å². The Hall–Kier alpha value is -1.63. The van der Waals surface area contributed by atoms with Crippen molar-refractivity contribution in [2.24, 2.45) is 0 Å². The van der Waals surface area contributed by atoms with Gasteiger partial charge in [-0.1, -0.05) is 0 Å². The van der Waals surface area contributed by atoms with Crippen LogP contribution in [0.25, 0.3) is 0 Å². The number of nitrogens with zero attached hydrogens (tertiary/aromatic N) is 3. The summed E-state index contributed by atoms with van der Waals surface area (Å²) in [5, 5.41) is 8.33. The van der Waals surface area contributed by atoms with Gasteiger partial charge in [0.25, 0.3) is 0 Å². The van der Waals surface area contributed by atoms with E-state index in [0.717, 1.165) is 0 Å². The summed E-state index contributed by atoms with van der Waals surface area (Å²) >= 11 is 0. The van der Waals surface area contributed by atoms with Crippen LogP contribution in [0.5, 0.6) is 5.88 Å². The first kappa shape index (κ1) is 6.49. The minimum Gasteiger partial charge on any atom is -0.481 e. The van der Waals surface area contributed by atoms with Crippen LogP contribution < -0.4 is 4.74 Å². The molecule has 10 heavy (non-hydrogen) atoms. The molecule has 4 nitrogen and oxygen atoms in total. The first-order chi connectivity index (χ1) is 4.86. The third-order valence-corrected chi connectivity index (χ3v) is 0.939. The van der Waals surface area contributed by atoms with Crippen LogP contribution in [0, 0.1) is 11.3 Å². The topological polar surface area (TPSA) is 58.8 Å². The van der Waals surface area contributed by atoms with Crippen molar-refractivity contribution in [2.75, 3.05) is 7.11 Å². The zero-order valence-electron chi connectivity index (χ0n) is 5.40. The Morgan fingerprint density at radius 2 is 2.50 bits per heavy atom. The maximum Gasteiger partial charge on any atom is 0.235 e. The Kier molecular flexibility index (Phi) is 1.80. The molecule has 0 atom stereocenters. The fraction of sp³-hybridized carbons (Fsp3) is 0.167. The number of rotatable bonds is 1. The van der Waals surface area contributed by atoms with E-state index < -0.39 is 0 Å². The van der Waals surface area contributed by atoms with E-state index in [4.69, 9.17) is 10.00 Å². The normalized spacial score (nSPS) is 8.40. The maximum atomic E-state index is 8.33. The van der Waals surface area contributed by atoms with Crippen LogP contribution in [-0.2, 0) is 0 Å². The lowest BCUT2D eigenvalue weighted by molar-refractivity contribution is 0.396. The molecule has 0 N–H and O–H groups in total. The highest BCUT2D eigenvalue weighted by atomic mass is 16.5. The standard InChI is InChI=1S/C6H5N3O/c1-10-6-2-3-8-5(4-7)9-6/h2-3H,1H3. The third kappa shape index (κ3) is 1.20. The predicted molar refractivity (Wildman–Crippen MR) is 33.3 cm³/mol. The Morgan fingerprint density at radius 1 is 1.70 bits per heavy atom. The van der Waals surface area contributed by atoms with Crippen LogP contribution in [-0.4, -0.2) is 17.1 Å². The third-order valence-electron chi connectivity index (χ3n) is 0.939. The van der Waals surface area contributed by atoms with Crippen LogP contribution in [0.1, 0.15) is 5.82 Å². The van der Waals surface area contributed by atoms with Gasteiger partial charge in [0.1, 0.15) is 6.07 Å². The molecule has 0 fully saturated rings. The van der Waals surface area contributed by atoms with Crippen molar-refractivity contribution in [1.29, 1.82) is 5.26 Å². The summed E-state index contributed by atoms with van der Waals surface area (Å²) in [4.78, 5) is 7.37. The van der Waals surface area contributed by atoms with Gasteiger partial charge in [0.05, 0.1) is 7.11 Å². The van der Waals surface area contributed by atoms with E-state index in [1.807, 2.05) is 0 Å². The van der Waals surface area contributed by atoms with Gasteiger partial charge in [-0.3, -0.25) is 0 Å². The molecule has 1 aromatic rings. The summed E-state index contributed by atoms with van der Waals surface area (Å²) in [5.74, 6) is 0.533. The molecule has 4 heteroatoms. The Labute approximate surface area is 58.1 Å². The molecule has 0 aliphatic carbocycles. The van der Waals surface area contributed by atoms with Gasteiger partial charge in [0, 0.05) is 12.3 Å². The highest BCUT2D eigenvalue weighted by Crippen LogP contribution is 2.01. The average Bonchev–Trinajstić information content (AvgIpc) is 2.05. The quantitative estimate of drug-likeness (QED) is 0.557. The van der Waals surface area contributed by atoms with E-state index in [9.17, 15) is 0 Å². The Morgan fingerprint density at radius 3 is 3.10 bits per heavy atom. The molecule has 1 aromatic heterocycles. The van der Waals surface area contributed by atoms with E-state index in [1.54, 1.807) is 12.1 Å². The fourth-order valence-corrected chi connectivity index (χ4v) is 0.510. The van der Waals surface area contributed by atoms with Gasteiger partial charge in [0.2, 0.25) is 11.7 Å². The van der Waals surface area contributed by atoms with Crippen molar-refractivity contribution in [1.82, 2.24) is 9.97 Å². The lowest BCUT2D eigenvalue weighted by atomic mass is 10.6. The van der Waals surface area contributed by atoms with Crippen molar-refractivity contribution < 1.29 is 4.74 Å². The van der Waals surface area contributed by atoms with Gasteiger partial charge < -0.3 is 4.74 Å². The molecular formula is C6H5N3O. The van der Waals surface area contributed by atoms with Crippen LogP contribution in [0.3, 0.4) is 0 Å². The highest BCUT2D eigenvalue weighted by molar-refractivity contribution is 5.15. The number of hydrogen-bond donors (Lipinski definition) is 0. The summed E-state index contributed by atoms with van der Waals surface area (Å²) < 4.78 is 4.75. The molecule has 0 aromatic carbocycles. The van der Waals surface area contributed by atoms with E-state index in [1.165, 1.54) is 13.3 Å². The molecular weight excluding hydrogens is 130 g/mol. The smallest absolute Gasteiger partial charge is 0.235 e. The molecule has 50 valence electrons. The van der Waals surface area contributed by atoms with E-state index in [0.29, 0.717) is 5.88 Å². The molecule has 0 bridgehead atoms. The van der Waals surface area contributed by atoms with Crippen molar-refractivity contribution in [2.45, 2.75) is 0 Å². The second-order valence-electron chi connectivity index (χ2n) is 1.53. The van der Waals surface area contributed by atoms with Crippen LogP contribution in [0.15, 0.2) is 12.3 Å². The summed E-state index contributed by atoms with van der Waals surface area (Å²) in [5.41, 5.74) is 0. The highest BCUT2D eigenvalue weighted by Gasteiger charge is 1.94. The number of methoxy groups -OCH3 is 1. The van der Waals surface area contributed by atoms with Crippen LogP contribution in [0.4, 0.5) is 0 Å². The molecule has 0 radical (unpaired) electrons. The number of ether oxygens (including phenoxy) is 1. The lowest BCUT2D eigenvalue weighted by Gasteiger charge is -1.94. The molecule has 0 saturated heterocycles. The van der Waals surface area contributed by atoms with Gasteiger partial charge in [-0.15, -0.1) is 0 Å². The lowest BCUT2D eigenvalue weighted by Crippen LogP contribution is -1.91. The van der Waals surface area contributed by atoms with Crippen LogP contribution in [0.2, 0.25) is 0 Å². The zero-order chi connectivity index (χ0) is 7.40. The molecule has 0 spiro atoms. The van der Waals surface area contributed by atoms with Crippen molar-refractivity contribution in [3.63, 3.8) is 0 Å². The van der Waals surface area contributed by atoms with Crippen molar-refractivity contribution in [3.8, 4) is 11.9 Å². The molecule has 0 aliphatic rings. The summed E-state index contributed by atoms with van der Waals surface area (Å²) in [6.07, 6.45) is 1.48. The predicted octanol–water partition coefficient (Wildman–Crippen LogP) is 0.357. The van der Waals surface area contributed by atoms with Gasteiger partial charge in [-0.25, -0.2) is 4.98 Å². The summed E-state index contributed by atoms with van der Waals surface area (Å²) in [6, 6.07) is 3.38. The van der Waals surface area contributed by atoms with Gasteiger partial charge in [-0.05, 0) is 0 Å². The number of hydrogen-bond acceptors (Lipinski definition) is 4. The monoisotopic (exact) mass is 135 g/mol. The minimum atomic E-state index is 0.124. The Balaban J connectivity index is 3.01. The fourth-order valence-electron chi connectivity index (χ4n) is 0.510. The number of aromatic nitrogens is 2. The van der Waals surface area contributed by atoms with E-state index in [2.05, 4.69) is 9.97 Å². The zero-order valence-corrected chi connectivity index (χ0v) is 5.40. The van der Waals surface area contributed by atoms with Gasteiger partial charge in [0.15, 0.2) is 0 Å². The molecule has 0 unspecified atom stereocenters. The maximum absolute atomic E-state index is 8.33. The second kappa shape index (κ2) is 2.78. The Bertz CT molecular complexity index is 266. The summed E-state index contributed by atoms with van der Waals surface area (Å²) in [6.45, 7) is 0. The molecule has 1 heterocycles. The average molecular weight is 135 g/mol. The van der Waals surface area contributed by atoms with Gasteiger partial charge in [-0.2, -0.15) is 10.2 Å². The van der Waals surface area contributed by atoms with Gasteiger partial charge >= 0.3 is 0 Å². The largest absolute Gasteiger partial charge is 0.481 e. The molecule has 0 aliphatic heterocycles. The minimum absolute atomic E-state index is 0.124. The SMILES string of the molecule is COc1ccnc(C#N)n1. The van der Waals surface area contributed by atoms with Crippen molar-refractivity contribution in [3.05, 3.63) is 18.1 Å². The summed E-state index contributed by atoms with van der Waals surface area (Å²) in [7, 11) is 1.49.